The van der Waals surface area contributed by atoms with Crippen molar-refractivity contribution in [3.05, 3.63) is 48.0 Å². The van der Waals surface area contributed by atoms with Crippen LogP contribution in [-0.4, -0.2) is 18.0 Å². The molecule has 23 heavy (non-hydrogen) atoms. The molecular formula is C17H18FNO4. The third-order valence-corrected chi connectivity index (χ3v) is 2.87. The van der Waals surface area contributed by atoms with Crippen molar-refractivity contribution < 1.29 is 23.1 Å². The number of carbonyl (C=O) groups is 2. The Balaban J connectivity index is 2.12. The van der Waals surface area contributed by atoms with Gasteiger partial charge in [-0.1, -0.05) is 0 Å². The minimum absolute atomic E-state index is 0.269. The summed E-state index contributed by atoms with van der Waals surface area (Å²) in [6.45, 7) is 5.17. The molecule has 1 heterocycles. The molecule has 1 atom stereocenters. The Bertz CT molecular complexity index is 685. The second kappa shape index (κ2) is 6.64. The Hall–Kier alpha value is -2.63. The molecule has 122 valence electrons. The first-order valence-electron chi connectivity index (χ1n) is 7.09. The van der Waals surface area contributed by atoms with Gasteiger partial charge in [0.15, 0.2) is 0 Å². The molecule has 6 heteroatoms. The van der Waals surface area contributed by atoms with E-state index in [2.05, 4.69) is 5.32 Å². The lowest BCUT2D eigenvalue weighted by Crippen LogP contribution is -2.35. The molecule has 0 fully saturated rings. The summed E-state index contributed by atoms with van der Waals surface area (Å²) in [5, 5.41) is 2.43. The molecule has 0 aliphatic heterocycles. The van der Waals surface area contributed by atoms with Crippen LogP contribution in [0, 0.1) is 5.82 Å². The quantitative estimate of drug-likeness (QED) is 0.869. The lowest BCUT2D eigenvalue weighted by Gasteiger charge is -2.20. The minimum Gasteiger partial charge on any atom is -0.458 e. The van der Waals surface area contributed by atoms with Gasteiger partial charge in [0.25, 0.3) is 0 Å². The number of hydrogen-bond acceptors (Lipinski definition) is 4. The number of halogens is 1. The van der Waals surface area contributed by atoms with Gasteiger partial charge in [-0.2, -0.15) is 0 Å². The highest BCUT2D eigenvalue weighted by Gasteiger charge is 2.22. The fraction of sp³-hybridized carbons (Fsp3) is 0.294. The van der Waals surface area contributed by atoms with Crippen LogP contribution in [0.3, 0.4) is 0 Å². The molecule has 1 unspecified atom stereocenters. The second-order valence-electron chi connectivity index (χ2n) is 5.97. The average molecular weight is 319 g/mol. The number of aldehydes is 1. The van der Waals surface area contributed by atoms with Crippen LogP contribution >= 0.6 is 0 Å². The molecule has 0 spiro atoms. The molecular weight excluding hydrogens is 301 g/mol. The zero-order chi connectivity index (χ0) is 17.0. The molecule has 0 radical (unpaired) electrons. The third-order valence-electron chi connectivity index (χ3n) is 2.87. The number of carbonyl (C=O) groups excluding carboxylic acids is 2. The predicted molar refractivity (Wildman–Crippen MR) is 82.3 cm³/mol. The number of alkyl carbamates (subject to hydrolysis) is 1. The maximum Gasteiger partial charge on any atom is 0.408 e. The lowest BCUT2D eigenvalue weighted by molar-refractivity contribution is -0.110. The zero-order valence-corrected chi connectivity index (χ0v) is 13.1. The average Bonchev–Trinajstić information content (AvgIpc) is 2.93. The maximum atomic E-state index is 12.9. The van der Waals surface area contributed by atoms with E-state index in [9.17, 15) is 14.0 Å². The first-order chi connectivity index (χ1) is 10.8. The van der Waals surface area contributed by atoms with E-state index < -0.39 is 17.7 Å². The molecule has 1 N–H and O–H groups in total. The fourth-order valence-electron chi connectivity index (χ4n) is 1.90. The Morgan fingerprint density at radius 3 is 2.43 bits per heavy atom. The van der Waals surface area contributed by atoms with Crippen molar-refractivity contribution in [3.63, 3.8) is 0 Å². The van der Waals surface area contributed by atoms with Gasteiger partial charge >= 0.3 is 6.09 Å². The van der Waals surface area contributed by atoms with E-state index in [1.54, 1.807) is 45.0 Å². The number of nitrogens with one attached hydrogen (secondary N) is 1. The molecule has 1 aromatic carbocycles. The van der Waals surface area contributed by atoms with Crippen molar-refractivity contribution >= 4 is 12.4 Å². The standard InChI is InChI=1S/C17H18FNO4/c1-17(2,3)23-16(21)19-13(10-20)15-9-8-14(22-15)11-4-6-12(18)7-5-11/h4-10,13H,1-3H3,(H,19,21). The van der Waals surface area contributed by atoms with Crippen molar-refractivity contribution in [3.8, 4) is 11.3 Å². The number of amides is 1. The fourth-order valence-corrected chi connectivity index (χ4v) is 1.90. The molecule has 1 aromatic heterocycles. The van der Waals surface area contributed by atoms with Gasteiger partial charge in [-0.05, 0) is 57.2 Å². The summed E-state index contributed by atoms with van der Waals surface area (Å²) in [6, 6.07) is 8.02. The Kier molecular flexibility index (Phi) is 4.83. The van der Waals surface area contributed by atoms with E-state index in [1.807, 2.05) is 0 Å². The second-order valence-corrected chi connectivity index (χ2v) is 5.97. The van der Waals surface area contributed by atoms with Crippen LogP contribution in [0.5, 0.6) is 0 Å². The van der Waals surface area contributed by atoms with Crippen LogP contribution in [0.2, 0.25) is 0 Å². The maximum absolute atomic E-state index is 12.9. The highest BCUT2D eigenvalue weighted by Crippen LogP contribution is 2.25. The van der Waals surface area contributed by atoms with E-state index in [1.165, 1.54) is 12.1 Å². The van der Waals surface area contributed by atoms with Crippen molar-refractivity contribution in [2.24, 2.45) is 0 Å². The van der Waals surface area contributed by atoms with Crippen LogP contribution in [-0.2, 0) is 9.53 Å². The summed E-state index contributed by atoms with van der Waals surface area (Å²) in [5.74, 6) is 0.390. The molecule has 2 rings (SSSR count). The van der Waals surface area contributed by atoms with Gasteiger partial charge in [-0.25, -0.2) is 9.18 Å². The topological polar surface area (TPSA) is 68.5 Å². The van der Waals surface area contributed by atoms with Gasteiger partial charge in [0.05, 0.1) is 0 Å². The molecule has 0 aliphatic carbocycles. The van der Waals surface area contributed by atoms with E-state index in [0.29, 0.717) is 17.6 Å². The number of ether oxygens (including phenoxy) is 1. The van der Waals surface area contributed by atoms with Gasteiger partial charge in [0.1, 0.15) is 35.3 Å². The number of furan rings is 1. The third kappa shape index (κ3) is 4.67. The summed E-state index contributed by atoms with van der Waals surface area (Å²) in [4.78, 5) is 23.0. The Morgan fingerprint density at radius 2 is 1.87 bits per heavy atom. The lowest BCUT2D eigenvalue weighted by atomic mass is 10.2. The number of benzene rings is 1. The summed E-state index contributed by atoms with van der Waals surface area (Å²) >= 11 is 0. The molecule has 5 nitrogen and oxygen atoms in total. The van der Waals surface area contributed by atoms with E-state index >= 15 is 0 Å². The van der Waals surface area contributed by atoms with Gasteiger partial charge < -0.3 is 19.3 Å². The van der Waals surface area contributed by atoms with E-state index in [4.69, 9.17) is 9.15 Å². The van der Waals surface area contributed by atoms with Crippen LogP contribution in [0.25, 0.3) is 11.3 Å². The van der Waals surface area contributed by atoms with Gasteiger partial charge in [0, 0.05) is 5.56 Å². The van der Waals surface area contributed by atoms with Crippen LogP contribution in [0.1, 0.15) is 32.6 Å². The highest BCUT2D eigenvalue weighted by molar-refractivity contribution is 5.74. The highest BCUT2D eigenvalue weighted by atomic mass is 19.1. The summed E-state index contributed by atoms with van der Waals surface area (Å²) in [7, 11) is 0. The Morgan fingerprint density at radius 1 is 1.22 bits per heavy atom. The van der Waals surface area contributed by atoms with Crippen molar-refractivity contribution in [2.45, 2.75) is 32.4 Å². The SMILES string of the molecule is CC(C)(C)OC(=O)NC(C=O)c1ccc(-c2ccc(F)cc2)o1. The smallest absolute Gasteiger partial charge is 0.408 e. The summed E-state index contributed by atoms with van der Waals surface area (Å²) in [5.41, 5.74) is -0.000447. The van der Waals surface area contributed by atoms with E-state index in [0.717, 1.165) is 0 Å². The van der Waals surface area contributed by atoms with Crippen LogP contribution < -0.4 is 5.32 Å². The predicted octanol–water partition coefficient (Wildman–Crippen LogP) is 3.85. The van der Waals surface area contributed by atoms with Crippen molar-refractivity contribution in [1.82, 2.24) is 5.32 Å². The number of hydrogen-bond donors (Lipinski definition) is 1. The first-order valence-corrected chi connectivity index (χ1v) is 7.09. The van der Waals surface area contributed by atoms with Gasteiger partial charge in [-0.15, -0.1) is 0 Å². The Labute approximate surface area is 133 Å². The molecule has 0 bridgehead atoms. The normalized spacial score (nSPS) is 12.5. The monoisotopic (exact) mass is 319 g/mol. The molecule has 0 saturated heterocycles. The zero-order valence-electron chi connectivity index (χ0n) is 13.1. The largest absolute Gasteiger partial charge is 0.458 e. The molecule has 0 aliphatic rings. The number of rotatable bonds is 4. The molecule has 2 aromatic rings. The first kappa shape index (κ1) is 16.7. The van der Waals surface area contributed by atoms with Gasteiger partial charge in [0.2, 0.25) is 0 Å². The van der Waals surface area contributed by atoms with Crippen molar-refractivity contribution in [1.29, 1.82) is 0 Å². The van der Waals surface area contributed by atoms with Gasteiger partial charge in [-0.3, -0.25) is 0 Å². The molecule has 0 saturated carbocycles. The van der Waals surface area contributed by atoms with Crippen molar-refractivity contribution in [2.75, 3.05) is 0 Å². The van der Waals surface area contributed by atoms with Crippen LogP contribution in [0.4, 0.5) is 9.18 Å². The summed E-state index contributed by atoms with van der Waals surface area (Å²) in [6.07, 6.45) is -0.161. The van der Waals surface area contributed by atoms with Crippen LogP contribution in [0.15, 0.2) is 40.8 Å². The molecule has 1 amide bonds. The summed E-state index contributed by atoms with van der Waals surface area (Å²) < 4.78 is 23.6. The minimum atomic E-state index is -0.959. The van der Waals surface area contributed by atoms with E-state index in [-0.39, 0.29) is 11.6 Å².